The summed E-state index contributed by atoms with van der Waals surface area (Å²) in [6.07, 6.45) is 0.657. The molecule has 0 spiro atoms. The fraction of sp³-hybridized carbons (Fsp3) is 0.231. The highest BCUT2D eigenvalue weighted by Crippen LogP contribution is 2.32. The van der Waals surface area contributed by atoms with E-state index < -0.39 is 0 Å². The Labute approximate surface area is 104 Å². The summed E-state index contributed by atoms with van der Waals surface area (Å²) in [5.74, 6) is 0.476. The molecule has 1 aromatic heterocycles. The van der Waals surface area contributed by atoms with Crippen molar-refractivity contribution in [2.45, 2.75) is 13.2 Å². The fourth-order valence-corrected chi connectivity index (χ4v) is 1.97. The number of nitrogens with zero attached hydrogens (tertiary/aromatic N) is 1. The van der Waals surface area contributed by atoms with Crippen molar-refractivity contribution in [1.29, 1.82) is 0 Å². The third-order valence-corrected chi connectivity index (χ3v) is 2.82. The molecule has 0 aliphatic heterocycles. The molecular weight excluding hydrogens is 234 g/mol. The van der Waals surface area contributed by atoms with E-state index in [2.05, 4.69) is 4.98 Å². The van der Waals surface area contributed by atoms with Crippen molar-refractivity contribution in [3.05, 3.63) is 35.0 Å². The first kappa shape index (κ1) is 12.5. The first-order valence-electron chi connectivity index (χ1n) is 5.41. The minimum atomic E-state index is -0.232. The quantitative estimate of drug-likeness (QED) is 0.789. The van der Waals surface area contributed by atoms with Crippen LogP contribution in [0.15, 0.2) is 18.2 Å². The van der Waals surface area contributed by atoms with Crippen molar-refractivity contribution in [2.75, 3.05) is 7.11 Å². The maximum atomic E-state index is 10.7. The number of carbonyl (C=O) groups is 1. The zero-order valence-corrected chi connectivity index (χ0v) is 9.88. The van der Waals surface area contributed by atoms with Gasteiger partial charge in [0.15, 0.2) is 6.29 Å². The van der Waals surface area contributed by atoms with Crippen LogP contribution in [0.5, 0.6) is 5.75 Å². The summed E-state index contributed by atoms with van der Waals surface area (Å²) in [7, 11) is 1.49. The number of aliphatic hydroxyl groups is 2. The predicted molar refractivity (Wildman–Crippen MR) is 65.5 cm³/mol. The Morgan fingerprint density at radius 3 is 2.67 bits per heavy atom. The number of fused-ring (bicyclic) bond motifs is 1. The van der Waals surface area contributed by atoms with E-state index in [0.29, 0.717) is 39.8 Å². The first-order chi connectivity index (χ1) is 8.74. The summed E-state index contributed by atoms with van der Waals surface area (Å²) >= 11 is 0. The van der Waals surface area contributed by atoms with Crippen LogP contribution in [0.25, 0.3) is 10.9 Å². The van der Waals surface area contributed by atoms with Gasteiger partial charge in [0.05, 0.1) is 25.8 Å². The minimum Gasteiger partial charge on any atom is -0.496 e. The molecule has 94 valence electrons. The van der Waals surface area contributed by atoms with Crippen LogP contribution in [-0.2, 0) is 13.2 Å². The van der Waals surface area contributed by atoms with E-state index >= 15 is 0 Å². The molecule has 0 fully saturated rings. The zero-order valence-electron chi connectivity index (χ0n) is 9.88. The first-order valence-corrected chi connectivity index (χ1v) is 5.41. The minimum absolute atomic E-state index is 0.227. The van der Waals surface area contributed by atoms with Crippen LogP contribution in [0.2, 0.25) is 0 Å². The summed E-state index contributed by atoms with van der Waals surface area (Å²) in [5.41, 5.74) is 1.94. The molecule has 5 heteroatoms. The molecule has 0 radical (unpaired) electrons. The molecule has 1 heterocycles. The van der Waals surface area contributed by atoms with E-state index in [4.69, 9.17) is 4.74 Å². The molecule has 0 aliphatic carbocycles. The number of hydrogen-bond acceptors (Lipinski definition) is 5. The molecule has 0 bridgehead atoms. The number of aromatic nitrogens is 1. The van der Waals surface area contributed by atoms with E-state index in [-0.39, 0.29) is 13.2 Å². The van der Waals surface area contributed by atoms with Crippen LogP contribution in [-0.4, -0.2) is 28.6 Å². The van der Waals surface area contributed by atoms with Gasteiger partial charge < -0.3 is 14.9 Å². The van der Waals surface area contributed by atoms with Crippen molar-refractivity contribution in [3.8, 4) is 5.75 Å². The van der Waals surface area contributed by atoms with Crippen LogP contribution in [0, 0.1) is 0 Å². The molecule has 0 saturated carbocycles. The Bertz CT molecular complexity index is 595. The van der Waals surface area contributed by atoms with Gasteiger partial charge in [-0.2, -0.15) is 0 Å². The van der Waals surface area contributed by atoms with Crippen LogP contribution in [0.1, 0.15) is 21.6 Å². The molecule has 2 rings (SSSR count). The normalized spacial score (nSPS) is 10.6. The molecule has 2 aromatic rings. The number of methoxy groups -OCH3 is 1. The maximum absolute atomic E-state index is 10.7. The summed E-state index contributed by atoms with van der Waals surface area (Å²) < 4.78 is 5.27. The average molecular weight is 247 g/mol. The average Bonchev–Trinajstić information content (AvgIpc) is 2.44. The lowest BCUT2D eigenvalue weighted by Gasteiger charge is -2.13. The van der Waals surface area contributed by atoms with Gasteiger partial charge >= 0.3 is 0 Å². The molecule has 2 N–H and O–H groups in total. The summed E-state index contributed by atoms with van der Waals surface area (Å²) in [6.45, 7) is -0.459. The van der Waals surface area contributed by atoms with E-state index in [9.17, 15) is 15.0 Å². The third-order valence-electron chi connectivity index (χ3n) is 2.82. The smallest absolute Gasteiger partial charge is 0.168 e. The molecule has 1 aromatic carbocycles. The van der Waals surface area contributed by atoms with Gasteiger partial charge in [-0.3, -0.25) is 4.79 Å². The van der Waals surface area contributed by atoms with Crippen LogP contribution in [0.3, 0.4) is 0 Å². The number of ether oxygens (including phenoxy) is 1. The molecule has 0 atom stereocenters. The topological polar surface area (TPSA) is 79.7 Å². The highest BCUT2D eigenvalue weighted by Gasteiger charge is 2.14. The van der Waals surface area contributed by atoms with Gasteiger partial charge in [-0.05, 0) is 23.8 Å². The molecule has 0 amide bonds. The van der Waals surface area contributed by atoms with Gasteiger partial charge in [-0.1, -0.05) is 0 Å². The number of aldehydes is 1. The van der Waals surface area contributed by atoms with Gasteiger partial charge in [0.25, 0.3) is 0 Å². The Hall–Kier alpha value is -1.98. The largest absolute Gasteiger partial charge is 0.496 e. The van der Waals surface area contributed by atoms with Gasteiger partial charge in [-0.15, -0.1) is 0 Å². The Kier molecular flexibility index (Phi) is 3.55. The van der Waals surface area contributed by atoms with Crippen LogP contribution in [0.4, 0.5) is 0 Å². The maximum Gasteiger partial charge on any atom is 0.168 e. The fourth-order valence-electron chi connectivity index (χ4n) is 1.97. The number of carbonyl (C=O) groups excluding carboxylic acids is 1. The molecule has 0 aliphatic rings. The molecule has 0 saturated heterocycles. The second-order valence-corrected chi connectivity index (χ2v) is 3.78. The predicted octanol–water partition coefficient (Wildman–Crippen LogP) is 1.04. The number of pyridine rings is 1. The number of hydrogen-bond donors (Lipinski definition) is 2. The highest BCUT2D eigenvalue weighted by molar-refractivity contribution is 5.90. The lowest BCUT2D eigenvalue weighted by Crippen LogP contribution is -2.01. The Balaban J connectivity index is 2.82. The van der Waals surface area contributed by atoms with Crippen molar-refractivity contribution in [3.63, 3.8) is 0 Å². The van der Waals surface area contributed by atoms with Crippen molar-refractivity contribution in [2.24, 2.45) is 0 Å². The molecular formula is C13H13NO4. The van der Waals surface area contributed by atoms with Crippen molar-refractivity contribution in [1.82, 2.24) is 4.98 Å². The van der Waals surface area contributed by atoms with Gasteiger partial charge in [0, 0.05) is 10.9 Å². The second-order valence-electron chi connectivity index (χ2n) is 3.78. The highest BCUT2D eigenvalue weighted by atomic mass is 16.5. The van der Waals surface area contributed by atoms with Crippen molar-refractivity contribution >= 4 is 17.2 Å². The number of aliphatic hydroxyl groups excluding tert-OH is 2. The second kappa shape index (κ2) is 5.12. The third kappa shape index (κ3) is 1.94. The Morgan fingerprint density at radius 2 is 2.11 bits per heavy atom. The summed E-state index contributed by atoms with van der Waals surface area (Å²) in [5, 5.41) is 19.3. The van der Waals surface area contributed by atoms with Gasteiger partial charge in [0.1, 0.15) is 11.4 Å². The standard InChI is InChI=1S/C13H13NO4/c1-18-13-10-3-2-9(6-16)14-12(10)4-8(5-15)11(13)7-17/h2-4,6,15,17H,5,7H2,1H3. The van der Waals surface area contributed by atoms with E-state index in [1.165, 1.54) is 7.11 Å². The molecule has 18 heavy (non-hydrogen) atoms. The molecule has 0 unspecified atom stereocenters. The SMILES string of the molecule is COc1c(CO)c(CO)cc2nc(C=O)ccc12. The summed E-state index contributed by atoms with van der Waals surface area (Å²) in [6, 6.07) is 4.94. The van der Waals surface area contributed by atoms with E-state index in [0.717, 1.165) is 0 Å². The lowest BCUT2D eigenvalue weighted by atomic mass is 10.0. The Morgan fingerprint density at radius 1 is 1.33 bits per heavy atom. The van der Waals surface area contributed by atoms with Crippen LogP contribution < -0.4 is 4.74 Å². The van der Waals surface area contributed by atoms with Gasteiger partial charge in [-0.25, -0.2) is 4.98 Å². The van der Waals surface area contributed by atoms with E-state index in [1.807, 2.05) is 0 Å². The monoisotopic (exact) mass is 247 g/mol. The van der Waals surface area contributed by atoms with Crippen molar-refractivity contribution < 1.29 is 19.7 Å². The number of benzene rings is 1. The number of rotatable bonds is 4. The lowest BCUT2D eigenvalue weighted by molar-refractivity contribution is 0.111. The van der Waals surface area contributed by atoms with E-state index in [1.54, 1.807) is 18.2 Å². The van der Waals surface area contributed by atoms with Gasteiger partial charge in [0.2, 0.25) is 0 Å². The molecule has 5 nitrogen and oxygen atoms in total. The zero-order chi connectivity index (χ0) is 13.1. The summed E-state index contributed by atoms with van der Waals surface area (Å²) in [4.78, 5) is 14.8. The van der Waals surface area contributed by atoms with Crippen LogP contribution >= 0.6 is 0 Å².